The van der Waals surface area contributed by atoms with Gasteiger partial charge in [-0.2, -0.15) is 0 Å². The van der Waals surface area contributed by atoms with Gasteiger partial charge in [0, 0.05) is 25.1 Å². The van der Waals surface area contributed by atoms with Crippen molar-refractivity contribution in [3.63, 3.8) is 0 Å². The van der Waals surface area contributed by atoms with Crippen LogP contribution in [0.25, 0.3) is 20.4 Å². The molecule has 2 fully saturated rings. The number of aliphatic hydroxyl groups is 1. The summed E-state index contributed by atoms with van der Waals surface area (Å²) in [5, 5.41) is 10.5. The Balaban J connectivity index is 1.49. The predicted molar refractivity (Wildman–Crippen MR) is 130 cm³/mol. The zero-order valence-electron chi connectivity index (χ0n) is 19.6. The summed E-state index contributed by atoms with van der Waals surface area (Å²) in [6, 6.07) is 0. The van der Waals surface area contributed by atoms with Crippen LogP contribution in [0.3, 0.4) is 0 Å². The molecule has 0 saturated carbocycles. The van der Waals surface area contributed by atoms with Crippen LogP contribution in [0, 0.1) is 0 Å². The van der Waals surface area contributed by atoms with Gasteiger partial charge in [-0.05, 0) is 32.3 Å². The number of piperazine rings is 1. The van der Waals surface area contributed by atoms with Crippen LogP contribution in [-0.4, -0.2) is 73.1 Å². The van der Waals surface area contributed by atoms with E-state index >= 15 is 0 Å². The fourth-order valence-electron chi connectivity index (χ4n) is 5.69. The second-order valence-corrected chi connectivity index (χ2v) is 11.2. The monoisotopic (exact) mass is 470 g/mol. The summed E-state index contributed by atoms with van der Waals surface area (Å²) in [6.07, 6.45) is 5.20. The Labute approximate surface area is 198 Å². The van der Waals surface area contributed by atoms with Gasteiger partial charge in [0.25, 0.3) is 0 Å². The normalized spacial score (nSPS) is 21.3. The molecule has 0 amide bonds. The topological polar surface area (TPSA) is 80.3 Å². The first kappa shape index (κ1) is 21.5. The Morgan fingerprint density at radius 3 is 2.70 bits per heavy atom. The van der Waals surface area contributed by atoms with E-state index in [2.05, 4.69) is 28.6 Å². The number of fused-ring (bicyclic) bond motifs is 5. The van der Waals surface area contributed by atoms with Gasteiger partial charge >= 0.3 is 0 Å². The number of H-pyrrole nitrogens is 1. The summed E-state index contributed by atoms with van der Waals surface area (Å²) in [7, 11) is 0. The molecule has 0 aliphatic carbocycles. The maximum atomic E-state index is 9.29. The minimum atomic E-state index is -0.187. The lowest BCUT2D eigenvalue weighted by Crippen LogP contribution is -3.15. The Kier molecular flexibility index (Phi) is 5.40. The quantitative estimate of drug-likeness (QED) is 0.588. The van der Waals surface area contributed by atoms with Crippen molar-refractivity contribution in [2.75, 3.05) is 62.2 Å². The molecule has 6 heterocycles. The van der Waals surface area contributed by atoms with Crippen LogP contribution < -0.4 is 19.7 Å². The molecule has 0 aromatic carbocycles. The molecule has 33 heavy (non-hydrogen) atoms. The summed E-state index contributed by atoms with van der Waals surface area (Å²) < 4.78 is 7.46. The van der Waals surface area contributed by atoms with Gasteiger partial charge in [0.05, 0.1) is 24.2 Å². The van der Waals surface area contributed by atoms with Crippen LogP contribution in [0.5, 0.6) is 0 Å². The number of ether oxygens (including phenoxy) is 1. The van der Waals surface area contributed by atoms with Crippen LogP contribution in [0.2, 0.25) is 0 Å². The number of hydrogen-bond acceptors (Lipinski definition) is 7. The van der Waals surface area contributed by atoms with Gasteiger partial charge < -0.3 is 19.6 Å². The summed E-state index contributed by atoms with van der Waals surface area (Å²) in [5.74, 6) is 2.29. The molecule has 2 saturated heterocycles. The number of aromatic amines is 1. The second-order valence-electron chi connectivity index (χ2n) is 10.2. The summed E-state index contributed by atoms with van der Waals surface area (Å²) >= 11 is 1.78. The molecule has 6 rings (SSSR count). The second kappa shape index (κ2) is 8.30. The molecule has 9 heteroatoms. The van der Waals surface area contributed by atoms with Crippen LogP contribution in [0.4, 0.5) is 11.6 Å². The molecule has 0 atom stereocenters. The van der Waals surface area contributed by atoms with Crippen LogP contribution in [0.1, 0.15) is 37.8 Å². The van der Waals surface area contributed by atoms with Crippen LogP contribution >= 0.6 is 11.3 Å². The average Bonchev–Trinajstić information content (AvgIpc) is 3.46. The number of nitrogens with one attached hydrogen (secondary N) is 2. The van der Waals surface area contributed by atoms with E-state index in [0.29, 0.717) is 6.61 Å². The van der Waals surface area contributed by atoms with Crippen molar-refractivity contribution in [1.29, 1.82) is 0 Å². The van der Waals surface area contributed by atoms with Crippen molar-refractivity contribution in [3.8, 4) is 0 Å². The van der Waals surface area contributed by atoms with E-state index in [9.17, 15) is 5.11 Å². The lowest BCUT2D eigenvalue weighted by Gasteiger charge is -2.34. The zero-order valence-corrected chi connectivity index (χ0v) is 20.4. The van der Waals surface area contributed by atoms with E-state index in [0.717, 1.165) is 74.2 Å². The van der Waals surface area contributed by atoms with Crippen molar-refractivity contribution in [1.82, 2.24) is 9.97 Å². The highest BCUT2D eigenvalue weighted by Crippen LogP contribution is 2.44. The maximum Gasteiger partial charge on any atom is 0.243 e. The van der Waals surface area contributed by atoms with Gasteiger partial charge in [0.15, 0.2) is 5.52 Å². The lowest BCUT2D eigenvalue weighted by atomic mass is 9.90. The number of thiophene rings is 1. The molecule has 8 nitrogen and oxygen atoms in total. The van der Waals surface area contributed by atoms with Crippen molar-refractivity contribution in [3.05, 3.63) is 17.5 Å². The average molecular weight is 471 g/mol. The molecule has 3 N–H and O–H groups in total. The van der Waals surface area contributed by atoms with Crippen molar-refractivity contribution < 1.29 is 19.7 Å². The van der Waals surface area contributed by atoms with Gasteiger partial charge in [-0.15, -0.1) is 16.3 Å². The minimum Gasteiger partial charge on any atom is -0.391 e. The first-order valence-electron chi connectivity index (χ1n) is 12.3. The molecule has 176 valence electrons. The van der Waals surface area contributed by atoms with Gasteiger partial charge in [-0.1, -0.05) is 0 Å². The molecule has 3 aromatic heterocycles. The molecule has 0 bridgehead atoms. The number of quaternary nitrogens is 1. The third kappa shape index (κ3) is 3.75. The molecule has 3 aliphatic rings. The highest BCUT2D eigenvalue weighted by molar-refractivity contribution is 7.26. The number of anilines is 2. The standard InChI is InChI=1S/C24H32N6O2S/c1-24(2)13-16-17(14-32-24)21(29-5-3-4-6-29)27-23-18(16)19-20(33-23)22(26-15-25-19)30-9-7-28(8-10-30)11-12-31/h15,31H,3-14H2,1-2H3/p+2. The van der Waals surface area contributed by atoms with E-state index in [-0.39, 0.29) is 12.2 Å². The molecular weight excluding hydrogens is 436 g/mol. The van der Waals surface area contributed by atoms with E-state index in [1.54, 1.807) is 11.3 Å². The van der Waals surface area contributed by atoms with E-state index in [1.807, 2.05) is 6.33 Å². The third-order valence-corrected chi connectivity index (χ3v) is 8.56. The number of nitrogens with zero attached hydrogens (tertiary/aromatic N) is 4. The predicted octanol–water partition coefficient (Wildman–Crippen LogP) is 0.807. The Bertz CT molecular complexity index is 1180. The fraction of sp³-hybridized carbons (Fsp3) is 0.625. The Morgan fingerprint density at radius 2 is 1.94 bits per heavy atom. The summed E-state index contributed by atoms with van der Waals surface area (Å²) in [4.78, 5) is 21.0. The van der Waals surface area contributed by atoms with Gasteiger partial charge in [-0.3, -0.25) is 4.90 Å². The largest absolute Gasteiger partial charge is 0.391 e. The summed E-state index contributed by atoms with van der Waals surface area (Å²) in [5.41, 5.74) is 3.53. The molecule has 3 aromatic rings. The Hall–Kier alpha value is -2.07. The zero-order chi connectivity index (χ0) is 22.6. The van der Waals surface area contributed by atoms with Gasteiger partial charge in [0.2, 0.25) is 12.1 Å². The van der Waals surface area contributed by atoms with Gasteiger partial charge in [-0.25, -0.2) is 9.97 Å². The van der Waals surface area contributed by atoms with Crippen LogP contribution in [0.15, 0.2) is 6.33 Å². The first-order chi connectivity index (χ1) is 16.0. The molecule has 3 aliphatic heterocycles. The SMILES string of the molecule is CC1(C)Cc2c(c(N3CCCC3)nc3sc4c(N5CC[NH+](CCO)CC5)[nH+]cnc4c23)CO1. The van der Waals surface area contributed by atoms with Crippen molar-refractivity contribution >= 4 is 43.4 Å². The first-order valence-corrected chi connectivity index (χ1v) is 13.1. The number of pyridine rings is 1. The number of hydrogen-bond donors (Lipinski definition) is 2. The van der Waals surface area contributed by atoms with Crippen LogP contribution in [-0.2, 0) is 17.8 Å². The number of rotatable bonds is 4. The number of aromatic nitrogens is 3. The van der Waals surface area contributed by atoms with E-state index < -0.39 is 0 Å². The van der Waals surface area contributed by atoms with E-state index in [1.165, 1.54) is 39.0 Å². The smallest absolute Gasteiger partial charge is 0.243 e. The molecule has 0 unspecified atom stereocenters. The molecule has 0 spiro atoms. The maximum absolute atomic E-state index is 9.29. The third-order valence-electron chi connectivity index (χ3n) is 7.49. The van der Waals surface area contributed by atoms with Crippen molar-refractivity contribution in [2.45, 2.75) is 45.3 Å². The molecule has 0 radical (unpaired) electrons. The Morgan fingerprint density at radius 1 is 1.15 bits per heavy atom. The highest BCUT2D eigenvalue weighted by atomic mass is 32.1. The molecular formula is C24H34N6O2S+2. The van der Waals surface area contributed by atoms with E-state index in [4.69, 9.17) is 14.7 Å². The van der Waals surface area contributed by atoms with Crippen molar-refractivity contribution in [2.24, 2.45) is 0 Å². The highest BCUT2D eigenvalue weighted by Gasteiger charge is 2.35. The lowest BCUT2D eigenvalue weighted by molar-refractivity contribution is -0.901. The summed E-state index contributed by atoms with van der Waals surface area (Å²) in [6.45, 7) is 12.3. The van der Waals surface area contributed by atoms with Gasteiger partial charge in [0.1, 0.15) is 48.1 Å². The minimum absolute atomic E-state index is 0.187. The number of aliphatic hydroxyl groups excluding tert-OH is 1. The fourth-order valence-corrected chi connectivity index (χ4v) is 6.87.